The maximum atomic E-state index is 11.0. The molecule has 2 rings (SSSR count). The van der Waals surface area contributed by atoms with Gasteiger partial charge in [0.15, 0.2) is 0 Å². The molecule has 1 fully saturated rings. The van der Waals surface area contributed by atoms with Crippen LogP contribution in [0.5, 0.6) is 5.75 Å². The van der Waals surface area contributed by atoms with Crippen LogP contribution in [-0.2, 0) is 11.3 Å². The van der Waals surface area contributed by atoms with Crippen LogP contribution in [0.4, 0.5) is 0 Å². The summed E-state index contributed by atoms with van der Waals surface area (Å²) in [5.41, 5.74) is 1.23. The van der Waals surface area contributed by atoms with Crippen LogP contribution in [0, 0.1) is 0 Å². The molecule has 0 radical (unpaired) electrons. The van der Waals surface area contributed by atoms with E-state index in [0.29, 0.717) is 11.8 Å². The Kier molecular flexibility index (Phi) is 4.39. The molecule has 1 aliphatic rings. The normalized spacial score (nSPS) is 18.8. The number of hydrogen-bond acceptors (Lipinski definition) is 4. The lowest BCUT2D eigenvalue weighted by molar-refractivity contribution is 0.0693. The first kappa shape index (κ1) is 13.8. The smallest absolute Gasteiger partial charge is 0.339 e. The maximum absolute atomic E-state index is 11.0. The van der Waals surface area contributed by atoms with E-state index in [1.165, 1.54) is 7.11 Å². The van der Waals surface area contributed by atoms with Gasteiger partial charge in [0.2, 0.25) is 0 Å². The van der Waals surface area contributed by atoms with Gasteiger partial charge in [0.25, 0.3) is 0 Å². The van der Waals surface area contributed by atoms with Gasteiger partial charge in [0.1, 0.15) is 11.3 Å². The van der Waals surface area contributed by atoms with E-state index in [-0.39, 0.29) is 5.56 Å². The lowest BCUT2D eigenvalue weighted by atomic mass is 10.1. The summed E-state index contributed by atoms with van der Waals surface area (Å²) in [7, 11) is 3.54. The number of nitrogens with zero attached hydrogens (tertiary/aromatic N) is 1. The van der Waals surface area contributed by atoms with Gasteiger partial charge in [0, 0.05) is 19.2 Å². The summed E-state index contributed by atoms with van der Waals surface area (Å²) in [6.45, 7) is 2.33. The van der Waals surface area contributed by atoms with Gasteiger partial charge in [-0.1, -0.05) is 6.07 Å². The lowest BCUT2D eigenvalue weighted by Crippen LogP contribution is -2.31. The predicted molar refractivity (Wildman–Crippen MR) is 70.6 cm³/mol. The number of aromatic carboxylic acids is 1. The Morgan fingerprint density at radius 1 is 1.58 bits per heavy atom. The van der Waals surface area contributed by atoms with E-state index in [1.807, 2.05) is 6.07 Å². The molecule has 5 nitrogen and oxygen atoms in total. The van der Waals surface area contributed by atoms with Crippen LogP contribution in [0.1, 0.15) is 22.3 Å². The number of methoxy groups -OCH3 is 1. The van der Waals surface area contributed by atoms with Crippen LogP contribution in [0.3, 0.4) is 0 Å². The number of carboxylic acids is 1. The molecule has 1 saturated heterocycles. The number of likely N-dealkylation sites (N-methyl/N-ethyl adjacent to an activating group) is 1. The Labute approximate surface area is 112 Å². The first-order valence-corrected chi connectivity index (χ1v) is 6.30. The van der Waals surface area contributed by atoms with E-state index in [4.69, 9.17) is 14.6 Å². The highest BCUT2D eigenvalue weighted by atomic mass is 16.5. The second kappa shape index (κ2) is 6.04. The highest BCUT2D eigenvalue weighted by Gasteiger charge is 2.20. The number of hydrogen-bond donors (Lipinski definition) is 1. The number of ether oxygens (including phenoxy) is 2. The quantitative estimate of drug-likeness (QED) is 0.876. The van der Waals surface area contributed by atoms with E-state index in [2.05, 4.69) is 11.9 Å². The molecule has 1 aromatic carbocycles. The van der Waals surface area contributed by atoms with Gasteiger partial charge >= 0.3 is 5.97 Å². The molecule has 1 N–H and O–H groups in total. The van der Waals surface area contributed by atoms with Crippen LogP contribution in [0.2, 0.25) is 0 Å². The summed E-state index contributed by atoms with van der Waals surface area (Å²) in [5.74, 6) is -0.568. The molecule has 104 valence electrons. The largest absolute Gasteiger partial charge is 0.496 e. The van der Waals surface area contributed by atoms with E-state index in [9.17, 15) is 4.79 Å². The Morgan fingerprint density at radius 3 is 2.95 bits per heavy atom. The highest BCUT2D eigenvalue weighted by molar-refractivity contribution is 5.90. The second-order valence-electron chi connectivity index (χ2n) is 4.77. The Morgan fingerprint density at radius 2 is 2.37 bits per heavy atom. The fourth-order valence-corrected chi connectivity index (χ4v) is 2.30. The highest BCUT2D eigenvalue weighted by Crippen LogP contribution is 2.22. The molecule has 0 bridgehead atoms. The van der Waals surface area contributed by atoms with E-state index < -0.39 is 5.97 Å². The third kappa shape index (κ3) is 3.24. The molecule has 1 aromatic rings. The molecule has 0 amide bonds. The molecule has 1 aliphatic heterocycles. The first-order chi connectivity index (χ1) is 9.11. The Hall–Kier alpha value is -1.59. The zero-order valence-electron chi connectivity index (χ0n) is 11.3. The minimum absolute atomic E-state index is 0.193. The first-order valence-electron chi connectivity index (χ1n) is 6.30. The molecule has 0 saturated carbocycles. The molecular formula is C14H19NO4. The summed E-state index contributed by atoms with van der Waals surface area (Å²) < 4.78 is 10.5. The SMILES string of the molecule is COc1cc(CN(C)C2CCOC2)ccc1C(=O)O. The topological polar surface area (TPSA) is 59.0 Å². The molecule has 0 spiro atoms. The van der Waals surface area contributed by atoms with Crippen LogP contribution < -0.4 is 4.74 Å². The van der Waals surface area contributed by atoms with Gasteiger partial charge in [-0.05, 0) is 31.2 Å². The van der Waals surface area contributed by atoms with E-state index >= 15 is 0 Å². The average Bonchev–Trinajstić information content (AvgIpc) is 2.92. The van der Waals surface area contributed by atoms with Crippen molar-refractivity contribution in [3.8, 4) is 5.75 Å². The summed E-state index contributed by atoms with van der Waals surface area (Å²) in [5, 5.41) is 9.04. The third-order valence-corrected chi connectivity index (χ3v) is 3.46. The van der Waals surface area contributed by atoms with Gasteiger partial charge < -0.3 is 14.6 Å². The fraction of sp³-hybridized carbons (Fsp3) is 0.500. The van der Waals surface area contributed by atoms with Gasteiger partial charge in [0.05, 0.1) is 13.7 Å². The molecule has 19 heavy (non-hydrogen) atoms. The minimum atomic E-state index is -0.971. The van der Waals surface area contributed by atoms with Crippen LogP contribution >= 0.6 is 0 Å². The molecular weight excluding hydrogens is 246 g/mol. The molecule has 0 aromatic heterocycles. The molecule has 0 aliphatic carbocycles. The van der Waals surface area contributed by atoms with Crippen molar-refractivity contribution in [2.75, 3.05) is 27.4 Å². The summed E-state index contributed by atoms with van der Waals surface area (Å²) in [4.78, 5) is 13.2. The fourth-order valence-electron chi connectivity index (χ4n) is 2.30. The van der Waals surface area contributed by atoms with Crippen molar-refractivity contribution in [2.24, 2.45) is 0 Å². The zero-order valence-corrected chi connectivity index (χ0v) is 11.3. The number of carbonyl (C=O) groups is 1. The van der Waals surface area contributed by atoms with Crippen molar-refractivity contribution >= 4 is 5.97 Å². The maximum Gasteiger partial charge on any atom is 0.339 e. The molecule has 1 atom stereocenters. The van der Waals surface area contributed by atoms with E-state index in [0.717, 1.165) is 31.7 Å². The van der Waals surface area contributed by atoms with Crippen molar-refractivity contribution in [1.29, 1.82) is 0 Å². The second-order valence-corrected chi connectivity index (χ2v) is 4.77. The summed E-state index contributed by atoms with van der Waals surface area (Å²) in [6, 6.07) is 5.65. The van der Waals surface area contributed by atoms with Gasteiger partial charge in [-0.25, -0.2) is 4.79 Å². The van der Waals surface area contributed by atoms with Crippen molar-refractivity contribution in [3.63, 3.8) is 0 Å². The third-order valence-electron chi connectivity index (χ3n) is 3.46. The molecule has 1 unspecified atom stereocenters. The predicted octanol–water partition coefficient (Wildman–Crippen LogP) is 1.61. The van der Waals surface area contributed by atoms with Crippen LogP contribution in [0.25, 0.3) is 0 Å². The van der Waals surface area contributed by atoms with Gasteiger partial charge in [-0.2, -0.15) is 0 Å². The van der Waals surface area contributed by atoms with Crippen molar-refractivity contribution in [1.82, 2.24) is 4.90 Å². The Bertz CT molecular complexity index is 455. The monoisotopic (exact) mass is 265 g/mol. The Balaban J connectivity index is 2.10. The van der Waals surface area contributed by atoms with Crippen LogP contribution in [-0.4, -0.2) is 49.4 Å². The summed E-state index contributed by atoms with van der Waals surface area (Å²) >= 11 is 0. The van der Waals surface area contributed by atoms with Gasteiger partial charge in [-0.15, -0.1) is 0 Å². The van der Waals surface area contributed by atoms with Crippen molar-refractivity contribution in [3.05, 3.63) is 29.3 Å². The number of rotatable bonds is 5. The van der Waals surface area contributed by atoms with Crippen molar-refractivity contribution < 1.29 is 19.4 Å². The average molecular weight is 265 g/mol. The van der Waals surface area contributed by atoms with Crippen molar-refractivity contribution in [2.45, 2.75) is 19.0 Å². The lowest BCUT2D eigenvalue weighted by Gasteiger charge is -2.23. The number of benzene rings is 1. The zero-order chi connectivity index (χ0) is 13.8. The summed E-state index contributed by atoms with van der Waals surface area (Å²) in [6.07, 6.45) is 1.04. The molecule has 5 heteroatoms. The minimum Gasteiger partial charge on any atom is -0.496 e. The van der Waals surface area contributed by atoms with Crippen LogP contribution in [0.15, 0.2) is 18.2 Å². The number of carboxylic acid groups (broad SMARTS) is 1. The molecule has 1 heterocycles. The standard InChI is InChI=1S/C14H19NO4/c1-15(11-5-6-19-9-11)8-10-3-4-12(14(16)17)13(7-10)18-2/h3-4,7,11H,5-6,8-9H2,1-2H3,(H,16,17). The van der Waals surface area contributed by atoms with Gasteiger partial charge in [-0.3, -0.25) is 4.90 Å². The van der Waals surface area contributed by atoms with E-state index in [1.54, 1.807) is 12.1 Å².